The first kappa shape index (κ1) is 15.9. The summed E-state index contributed by atoms with van der Waals surface area (Å²) in [5, 5.41) is 0. The van der Waals surface area contributed by atoms with Crippen molar-refractivity contribution in [1.29, 1.82) is 0 Å². The molecule has 5 nitrogen and oxygen atoms in total. The number of hydrogen-bond donors (Lipinski definition) is 2. The van der Waals surface area contributed by atoms with Crippen molar-refractivity contribution in [1.82, 2.24) is 4.72 Å². The Labute approximate surface area is 124 Å². The lowest BCUT2D eigenvalue weighted by atomic mass is 9.95. The van der Waals surface area contributed by atoms with Crippen LogP contribution in [-0.2, 0) is 21.3 Å². The summed E-state index contributed by atoms with van der Waals surface area (Å²) in [5.74, 6) is 0. The van der Waals surface area contributed by atoms with Crippen LogP contribution in [0.15, 0.2) is 11.0 Å². The van der Waals surface area contributed by atoms with E-state index in [-0.39, 0.29) is 11.6 Å². The van der Waals surface area contributed by atoms with Gasteiger partial charge in [-0.2, -0.15) is 0 Å². The number of hydrogen-bond acceptors (Lipinski definition) is 5. The molecule has 1 atom stereocenters. The molecule has 1 fully saturated rings. The second-order valence-electron chi connectivity index (χ2n) is 5.76. The van der Waals surface area contributed by atoms with E-state index >= 15 is 0 Å². The molecule has 1 aromatic heterocycles. The maximum atomic E-state index is 12.5. The lowest BCUT2D eigenvalue weighted by Crippen LogP contribution is -2.45. The van der Waals surface area contributed by atoms with Crippen LogP contribution >= 0.6 is 11.3 Å². The van der Waals surface area contributed by atoms with Crippen LogP contribution in [0, 0.1) is 6.92 Å². The molecule has 0 spiro atoms. The first-order valence-electron chi connectivity index (χ1n) is 6.69. The Morgan fingerprint density at radius 3 is 2.80 bits per heavy atom. The monoisotopic (exact) mass is 318 g/mol. The van der Waals surface area contributed by atoms with E-state index in [2.05, 4.69) is 4.72 Å². The summed E-state index contributed by atoms with van der Waals surface area (Å²) in [7, 11) is -3.48. The molecule has 0 aliphatic carbocycles. The molecule has 2 heterocycles. The number of ether oxygens (including phenoxy) is 1. The minimum atomic E-state index is -3.48. The number of rotatable bonds is 4. The minimum absolute atomic E-state index is 0.0793. The van der Waals surface area contributed by atoms with Gasteiger partial charge in [0, 0.05) is 28.9 Å². The summed E-state index contributed by atoms with van der Waals surface area (Å²) < 4.78 is 33.4. The Balaban J connectivity index is 2.16. The molecule has 1 unspecified atom stereocenters. The van der Waals surface area contributed by atoms with E-state index in [1.165, 1.54) is 11.3 Å². The molecule has 0 bridgehead atoms. The minimum Gasteiger partial charge on any atom is -0.375 e. The maximum absolute atomic E-state index is 12.5. The van der Waals surface area contributed by atoms with Gasteiger partial charge in [0.05, 0.1) is 10.5 Å². The third kappa shape index (κ3) is 3.59. The molecular weight excluding hydrogens is 296 g/mol. The number of nitrogens with two attached hydrogens (primary N) is 1. The lowest BCUT2D eigenvalue weighted by Gasteiger charge is -2.35. The van der Waals surface area contributed by atoms with Gasteiger partial charge < -0.3 is 10.5 Å². The molecule has 0 saturated carbocycles. The summed E-state index contributed by atoms with van der Waals surface area (Å²) in [6, 6.07) is 1.59. The first-order chi connectivity index (χ1) is 9.23. The van der Waals surface area contributed by atoms with E-state index in [1.54, 1.807) is 6.07 Å². The molecule has 0 amide bonds. The van der Waals surface area contributed by atoms with Crippen LogP contribution < -0.4 is 10.5 Å². The topological polar surface area (TPSA) is 81.4 Å². The Bertz CT molecular complexity index is 578. The van der Waals surface area contributed by atoms with Crippen LogP contribution in [0.4, 0.5) is 0 Å². The summed E-state index contributed by atoms with van der Waals surface area (Å²) in [6.45, 7) is 6.72. The Morgan fingerprint density at radius 1 is 1.55 bits per heavy atom. The standard InChI is InChI=1S/C13H22N2O3S2/c1-9-12(6-11(8-14)19-9)20(16,17)15-10-4-5-18-13(2,3)7-10/h6,10,15H,4-5,7-8,14H2,1-3H3. The van der Waals surface area contributed by atoms with Crippen LogP contribution in [0.5, 0.6) is 0 Å². The van der Waals surface area contributed by atoms with Gasteiger partial charge in [-0.1, -0.05) is 0 Å². The largest absolute Gasteiger partial charge is 0.375 e. The zero-order valence-electron chi connectivity index (χ0n) is 12.1. The van der Waals surface area contributed by atoms with Gasteiger partial charge >= 0.3 is 0 Å². The molecule has 114 valence electrons. The van der Waals surface area contributed by atoms with Crippen LogP contribution in [0.3, 0.4) is 0 Å². The second kappa shape index (κ2) is 5.73. The Hall–Kier alpha value is -0.470. The fraction of sp³-hybridized carbons (Fsp3) is 0.692. The second-order valence-corrected chi connectivity index (χ2v) is 8.78. The number of aryl methyl sites for hydroxylation is 1. The summed E-state index contributed by atoms with van der Waals surface area (Å²) in [4.78, 5) is 2.02. The van der Waals surface area contributed by atoms with Gasteiger partial charge in [-0.25, -0.2) is 13.1 Å². The molecule has 1 saturated heterocycles. The van der Waals surface area contributed by atoms with Crippen LogP contribution in [0.2, 0.25) is 0 Å². The average molecular weight is 318 g/mol. The van der Waals surface area contributed by atoms with Crippen LogP contribution in [0.25, 0.3) is 0 Å². The van der Waals surface area contributed by atoms with Gasteiger partial charge in [0.25, 0.3) is 0 Å². The molecule has 1 aromatic rings. The smallest absolute Gasteiger partial charge is 0.241 e. The third-order valence-electron chi connectivity index (χ3n) is 3.43. The van der Waals surface area contributed by atoms with Crippen LogP contribution in [-0.4, -0.2) is 26.7 Å². The fourth-order valence-corrected chi connectivity index (χ4v) is 5.29. The highest BCUT2D eigenvalue weighted by Gasteiger charge is 2.32. The molecule has 0 aromatic carbocycles. The van der Waals surface area contributed by atoms with E-state index < -0.39 is 10.0 Å². The zero-order chi connectivity index (χ0) is 15.0. The van der Waals surface area contributed by atoms with Gasteiger partial charge in [-0.15, -0.1) is 11.3 Å². The fourth-order valence-electron chi connectivity index (χ4n) is 2.51. The van der Waals surface area contributed by atoms with Crippen molar-refractivity contribution in [2.45, 2.75) is 56.7 Å². The van der Waals surface area contributed by atoms with Crippen molar-refractivity contribution >= 4 is 21.4 Å². The third-order valence-corrected chi connectivity index (χ3v) is 6.28. The summed E-state index contributed by atoms with van der Waals surface area (Å²) in [5.41, 5.74) is 5.29. The summed E-state index contributed by atoms with van der Waals surface area (Å²) >= 11 is 1.43. The average Bonchev–Trinajstić information content (AvgIpc) is 2.69. The predicted molar refractivity (Wildman–Crippen MR) is 80.3 cm³/mol. The van der Waals surface area contributed by atoms with Crippen molar-refractivity contribution in [2.24, 2.45) is 5.73 Å². The molecule has 1 aliphatic heterocycles. The van der Waals surface area contributed by atoms with Gasteiger partial charge in [0.2, 0.25) is 10.0 Å². The van der Waals surface area contributed by atoms with Crippen molar-refractivity contribution < 1.29 is 13.2 Å². The van der Waals surface area contributed by atoms with Crippen molar-refractivity contribution in [3.05, 3.63) is 15.8 Å². The number of thiophene rings is 1. The van der Waals surface area contributed by atoms with Crippen LogP contribution in [0.1, 0.15) is 36.4 Å². The van der Waals surface area contributed by atoms with Gasteiger partial charge in [0.15, 0.2) is 0 Å². The van der Waals surface area contributed by atoms with E-state index in [1.807, 2.05) is 20.8 Å². The first-order valence-corrected chi connectivity index (χ1v) is 8.99. The highest BCUT2D eigenvalue weighted by molar-refractivity contribution is 7.89. The molecular formula is C13H22N2O3S2. The van der Waals surface area contributed by atoms with E-state index in [4.69, 9.17) is 10.5 Å². The number of sulfonamides is 1. The van der Waals surface area contributed by atoms with Crippen molar-refractivity contribution in [3.63, 3.8) is 0 Å². The normalized spacial score (nSPS) is 22.9. The SMILES string of the molecule is Cc1sc(CN)cc1S(=O)(=O)NC1CCOC(C)(C)C1. The summed E-state index contributed by atoms with van der Waals surface area (Å²) in [6.07, 6.45) is 1.38. The lowest BCUT2D eigenvalue weighted by molar-refractivity contribution is -0.0599. The number of nitrogens with one attached hydrogen (secondary N) is 1. The Morgan fingerprint density at radius 2 is 2.25 bits per heavy atom. The maximum Gasteiger partial charge on any atom is 0.241 e. The van der Waals surface area contributed by atoms with Gasteiger partial charge in [-0.3, -0.25) is 0 Å². The quantitative estimate of drug-likeness (QED) is 0.886. The molecule has 0 radical (unpaired) electrons. The highest BCUT2D eigenvalue weighted by atomic mass is 32.2. The molecule has 2 rings (SSSR count). The molecule has 20 heavy (non-hydrogen) atoms. The predicted octanol–water partition coefficient (Wildman–Crippen LogP) is 1.75. The van der Waals surface area contributed by atoms with Gasteiger partial charge in [0.1, 0.15) is 0 Å². The van der Waals surface area contributed by atoms with Crippen molar-refractivity contribution in [2.75, 3.05) is 6.61 Å². The van der Waals surface area contributed by atoms with E-state index in [9.17, 15) is 8.42 Å². The Kier molecular flexibility index (Phi) is 4.56. The molecule has 7 heteroatoms. The van der Waals surface area contributed by atoms with E-state index in [0.29, 0.717) is 30.9 Å². The van der Waals surface area contributed by atoms with Crippen molar-refractivity contribution in [3.8, 4) is 0 Å². The van der Waals surface area contributed by atoms with Gasteiger partial charge in [-0.05, 0) is 39.7 Å². The zero-order valence-corrected chi connectivity index (χ0v) is 13.7. The highest BCUT2D eigenvalue weighted by Crippen LogP contribution is 2.28. The van der Waals surface area contributed by atoms with E-state index in [0.717, 1.165) is 9.75 Å². The molecule has 1 aliphatic rings. The molecule has 3 N–H and O–H groups in total.